The first-order valence-electron chi connectivity index (χ1n) is 13.0. The molecule has 200 valence electrons. The van der Waals surface area contributed by atoms with Gasteiger partial charge in [-0.05, 0) is 36.1 Å². The number of hydrogen-bond acceptors (Lipinski definition) is 7. The molecule has 1 amide bonds. The normalized spacial score (nSPS) is 16.1. The highest BCUT2D eigenvalue weighted by Gasteiger charge is 2.30. The number of carbonyl (C=O) groups excluding carboxylic acids is 1. The fraction of sp³-hybridized carbons (Fsp3) is 0.310. The number of para-hydroxylation sites is 1. The van der Waals surface area contributed by atoms with Gasteiger partial charge < -0.3 is 10.1 Å². The summed E-state index contributed by atoms with van der Waals surface area (Å²) in [5.41, 5.74) is 2.74. The van der Waals surface area contributed by atoms with Crippen LogP contribution in [0.3, 0.4) is 0 Å². The van der Waals surface area contributed by atoms with Gasteiger partial charge in [0.1, 0.15) is 4.83 Å². The van der Waals surface area contributed by atoms with Crippen molar-refractivity contribution in [3.63, 3.8) is 0 Å². The van der Waals surface area contributed by atoms with Crippen molar-refractivity contribution in [2.24, 2.45) is 5.92 Å². The van der Waals surface area contributed by atoms with Gasteiger partial charge in [0.25, 0.3) is 5.56 Å². The Morgan fingerprint density at radius 3 is 2.54 bits per heavy atom. The van der Waals surface area contributed by atoms with E-state index in [-0.39, 0.29) is 17.6 Å². The average Bonchev–Trinajstić information content (AvgIpc) is 3.53. The molecule has 4 heterocycles. The predicted molar refractivity (Wildman–Crippen MR) is 156 cm³/mol. The average molecular weight is 560 g/mol. The van der Waals surface area contributed by atoms with E-state index in [1.54, 1.807) is 15.9 Å². The van der Waals surface area contributed by atoms with Crippen molar-refractivity contribution >= 4 is 50.7 Å². The molecule has 0 spiro atoms. The number of hydrogen-bond donors (Lipinski definition) is 1. The minimum Gasteiger partial charge on any atom is -0.372 e. The maximum Gasteiger partial charge on any atom is 0.264 e. The first-order valence-corrected chi connectivity index (χ1v) is 14.7. The number of ether oxygens (including phenoxy) is 1. The van der Waals surface area contributed by atoms with E-state index in [1.807, 2.05) is 72.0 Å². The van der Waals surface area contributed by atoms with Gasteiger partial charge in [0.15, 0.2) is 5.16 Å². The topological polar surface area (TPSA) is 90.5 Å². The lowest BCUT2D eigenvalue weighted by atomic mass is 9.96. The molecule has 2 atom stereocenters. The lowest BCUT2D eigenvalue weighted by molar-refractivity contribution is -0.115. The molecule has 0 radical (unpaired) electrons. The number of thiophene rings is 1. The molecule has 1 aliphatic rings. The SMILES string of the molecule is CC(C)[C@@H]1Cc2c(sc3c2c(=O)n(Cc2ccccc2)c2nnc(S[C@H](C)C(=O)Nc4ccccc4)n32)CO1. The molecule has 0 saturated carbocycles. The third-order valence-corrected chi connectivity index (χ3v) is 9.28. The van der Waals surface area contributed by atoms with Gasteiger partial charge in [-0.2, -0.15) is 0 Å². The Morgan fingerprint density at radius 2 is 1.82 bits per heavy atom. The van der Waals surface area contributed by atoms with Crippen LogP contribution in [0.4, 0.5) is 5.69 Å². The summed E-state index contributed by atoms with van der Waals surface area (Å²) >= 11 is 2.89. The lowest BCUT2D eigenvalue weighted by Gasteiger charge is -2.26. The zero-order valence-corrected chi connectivity index (χ0v) is 23.6. The Balaban J connectivity index is 1.46. The summed E-state index contributed by atoms with van der Waals surface area (Å²) in [6.07, 6.45) is 0.754. The fourth-order valence-corrected chi connectivity index (χ4v) is 7.03. The van der Waals surface area contributed by atoms with E-state index in [9.17, 15) is 9.59 Å². The van der Waals surface area contributed by atoms with Gasteiger partial charge in [0, 0.05) is 17.0 Å². The molecule has 0 unspecified atom stereocenters. The van der Waals surface area contributed by atoms with Gasteiger partial charge in [0.05, 0.1) is 29.9 Å². The highest BCUT2D eigenvalue weighted by atomic mass is 32.2. The summed E-state index contributed by atoms with van der Waals surface area (Å²) in [7, 11) is 0. The Labute approximate surface area is 234 Å². The summed E-state index contributed by atoms with van der Waals surface area (Å²) in [5.74, 6) is 0.679. The largest absolute Gasteiger partial charge is 0.372 e. The Bertz CT molecular complexity index is 1710. The third-order valence-electron chi connectivity index (χ3n) is 7.05. The van der Waals surface area contributed by atoms with E-state index in [1.165, 1.54) is 11.8 Å². The van der Waals surface area contributed by atoms with Crippen LogP contribution in [0.15, 0.2) is 70.6 Å². The van der Waals surface area contributed by atoms with Crippen molar-refractivity contribution in [1.82, 2.24) is 19.2 Å². The van der Waals surface area contributed by atoms with Crippen LogP contribution in [0.1, 0.15) is 36.8 Å². The summed E-state index contributed by atoms with van der Waals surface area (Å²) in [6.45, 7) is 7.00. The number of nitrogens with one attached hydrogen (secondary N) is 1. The van der Waals surface area contributed by atoms with Crippen LogP contribution in [0, 0.1) is 5.92 Å². The lowest BCUT2D eigenvalue weighted by Crippen LogP contribution is -2.28. The molecule has 0 bridgehead atoms. The van der Waals surface area contributed by atoms with Crippen LogP contribution >= 0.6 is 23.1 Å². The monoisotopic (exact) mass is 559 g/mol. The van der Waals surface area contributed by atoms with Gasteiger partial charge >= 0.3 is 0 Å². The quantitative estimate of drug-likeness (QED) is 0.270. The first-order chi connectivity index (χ1) is 18.9. The van der Waals surface area contributed by atoms with Crippen LogP contribution in [0.2, 0.25) is 0 Å². The second kappa shape index (κ2) is 10.6. The van der Waals surface area contributed by atoms with Gasteiger partial charge in [-0.15, -0.1) is 21.5 Å². The van der Waals surface area contributed by atoms with Crippen LogP contribution in [0.25, 0.3) is 16.0 Å². The Kier molecular flexibility index (Phi) is 7.01. The summed E-state index contributed by atoms with van der Waals surface area (Å²) in [4.78, 5) is 29.0. The molecule has 0 fully saturated rings. The standard InChI is InChI=1S/C29H29N5O3S2/c1-17(2)22-14-21-23(16-37-22)39-27-24(21)26(36)33(15-19-10-6-4-7-11-19)28-31-32-29(34(27)28)38-18(3)25(35)30-20-12-8-5-9-13-20/h4-13,17-18,22H,14-16H2,1-3H3,(H,30,35)/t18-,22+/m1/s1. The van der Waals surface area contributed by atoms with Crippen molar-refractivity contribution < 1.29 is 9.53 Å². The Hall–Kier alpha value is -3.47. The highest BCUT2D eigenvalue weighted by Crippen LogP contribution is 2.37. The number of nitrogens with zero attached hydrogens (tertiary/aromatic N) is 4. The number of benzene rings is 2. The molecule has 10 heteroatoms. The van der Waals surface area contributed by atoms with Crippen LogP contribution in [-0.4, -0.2) is 36.4 Å². The highest BCUT2D eigenvalue weighted by molar-refractivity contribution is 8.00. The van der Waals surface area contributed by atoms with Crippen molar-refractivity contribution in [2.45, 2.75) is 56.9 Å². The first kappa shape index (κ1) is 25.8. The van der Waals surface area contributed by atoms with E-state index in [2.05, 4.69) is 29.4 Å². The Morgan fingerprint density at radius 1 is 1.10 bits per heavy atom. The molecule has 2 aromatic carbocycles. The molecule has 8 nitrogen and oxygen atoms in total. The van der Waals surface area contributed by atoms with Gasteiger partial charge in [-0.1, -0.05) is 74.1 Å². The predicted octanol–water partition coefficient (Wildman–Crippen LogP) is 5.37. The number of anilines is 1. The molecule has 39 heavy (non-hydrogen) atoms. The molecule has 5 aromatic rings. The zero-order valence-electron chi connectivity index (χ0n) is 22.0. The van der Waals surface area contributed by atoms with Crippen LogP contribution < -0.4 is 10.9 Å². The van der Waals surface area contributed by atoms with E-state index in [4.69, 9.17) is 4.74 Å². The molecule has 3 aromatic heterocycles. The second-order valence-electron chi connectivity index (χ2n) is 10.1. The third kappa shape index (κ3) is 4.88. The molecular formula is C29H29N5O3S2. The van der Waals surface area contributed by atoms with Crippen molar-refractivity contribution in [1.29, 1.82) is 0 Å². The van der Waals surface area contributed by atoms with Crippen molar-refractivity contribution in [2.75, 3.05) is 5.32 Å². The zero-order chi connectivity index (χ0) is 27.1. The number of carbonyl (C=O) groups is 1. The molecule has 0 saturated heterocycles. The minimum atomic E-state index is -0.439. The summed E-state index contributed by atoms with van der Waals surface area (Å²) in [5, 5.41) is 12.8. The fourth-order valence-electron chi connectivity index (χ4n) is 4.88. The van der Waals surface area contributed by atoms with E-state index >= 15 is 0 Å². The maximum atomic E-state index is 14.1. The van der Waals surface area contributed by atoms with E-state index in [0.29, 0.717) is 41.8 Å². The van der Waals surface area contributed by atoms with Gasteiger partial charge in [-0.25, -0.2) is 4.40 Å². The maximum absolute atomic E-state index is 14.1. The summed E-state index contributed by atoms with van der Waals surface area (Å²) < 4.78 is 9.79. The van der Waals surface area contributed by atoms with Gasteiger partial charge in [-0.3, -0.25) is 14.2 Å². The molecular weight excluding hydrogens is 530 g/mol. The number of aromatic nitrogens is 4. The van der Waals surface area contributed by atoms with E-state index < -0.39 is 5.25 Å². The van der Waals surface area contributed by atoms with Crippen LogP contribution in [-0.2, 0) is 29.1 Å². The molecule has 6 rings (SSSR count). The molecule has 0 aliphatic carbocycles. The number of fused-ring (bicyclic) bond motifs is 5. The van der Waals surface area contributed by atoms with Crippen molar-refractivity contribution in [3.05, 3.63) is 87.0 Å². The van der Waals surface area contributed by atoms with Crippen LogP contribution in [0.5, 0.6) is 0 Å². The second-order valence-corrected chi connectivity index (χ2v) is 12.5. The van der Waals surface area contributed by atoms with Gasteiger partial charge in [0.2, 0.25) is 11.7 Å². The van der Waals surface area contributed by atoms with E-state index in [0.717, 1.165) is 26.5 Å². The van der Waals surface area contributed by atoms with Crippen molar-refractivity contribution in [3.8, 4) is 0 Å². The molecule has 1 aliphatic heterocycles. The molecule has 1 N–H and O–H groups in total. The summed E-state index contributed by atoms with van der Waals surface area (Å²) in [6, 6.07) is 19.3. The number of amides is 1. The minimum absolute atomic E-state index is 0.0597. The smallest absolute Gasteiger partial charge is 0.264 e. The number of rotatable bonds is 7. The number of thioether (sulfide) groups is 1.